The third-order valence-corrected chi connectivity index (χ3v) is 3.02. The molecule has 1 aliphatic rings. The van der Waals surface area contributed by atoms with Crippen LogP contribution in [0, 0.1) is 12.3 Å². The Labute approximate surface area is 109 Å². The molecule has 1 amide bonds. The maximum absolute atomic E-state index is 11.3. The SMILES string of the molecule is C#CCC(=O)NCc1cc(Br)cc2c1OCC2. The number of carbonyl (C=O) groups excluding carboxylic acids is 1. The number of hydrogen-bond donors (Lipinski definition) is 1. The zero-order valence-electron chi connectivity index (χ0n) is 9.25. The zero-order valence-corrected chi connectivity index (χ0v) is 10.8. The summed E-state index contributed by atoms with van der Waals surface area (Å²) in [7, 11) is 0. The van der Waals surface area contributed by atoms with Crippen molar-refractivity contribution in [3.63, 3.8) is 0 Å². The molecule has 17 heavy (non-hydrogen) atoms. The minimum atomic E-state index is -0.140. The Hall–Kier alpha value is -1.47. The number of fused-ring (bicyclic) bond motifs is 1. The highest BCUT2D eigenvalue weighted by Crippen LogP contribution is 2.32. The molecule has 1 aliphatic heterocycles. The first-order valence-electron chi connectivity index (χ1n) is 5.35. The summed E-state index contributed by atoms with van der Waals surface area (Å²) in [6.07, 6.45) is 6.09. The van der Waals surface area contributed by atoms with Crippen LogP contribution in [0.1, 0.15) is 17.5 Å². The number of terminal acetylenes is 1. The number of halogens is 1. The summed E-state index contributed by atoms with van der Waals surface area (Å²) in [4.78, 5) is 11.3. The van der Waals surface area contributed by atoms with Crippen LogP contribution in [0.3, 0.4) is 0 Å². The molecule has 0 aromatic heterocycles. The Balaban J connectivity index is 2.11. The number of amides is 1. The summed E-state index contributed by atoms with van der Waals surface area (Å²) in [6.45, 7) is 1.15. The van der Waals surface area contributed by atoms with E-state index in [9.17, 15) is 4.79 Å². The van der Waals surface area contributed by atoms with E-state index < -0.39 is 0 Å². The Kier molecular flexibility index (Phi) is 3.70. The van der Waals surface area contributed by atoms with Crippen LogP contribution in [0.4, 0.5) is 0 Å². The van der Waals surface area contributed by atoms with Gasteiger partial charge in [0, 0.05) is 23.0 Å². The van der Waals surface area contributed by atoms with Crippen molar-refractivity contribution in [3.05, 3.63) is 27.7 Å². The molecule has 0 bridgehead atoms. The molecule has 0 unspecified atom stereocenters. The first kappa shape index (κ1) is 12.0. The quantitative estimate of drug-likeness (QED) is 0.866. The summed E-state index contributed by atoms with van der Waals surface area (Å²) < 4.78 is 6.57. The lowest BCUT2D eigenvalue weighted by molar-refractivity contribution is -0.120. The van der Waals surface area contributed by atoms with E-state index in [1.54, 1.807) is 0 Å². The van der Waals surface area contributed by atoms with Crippen LogP contribution in [0.25, 0.3) is 0 Å². The van der Waals surface area contributed by atoms with Gasteiger partial charge in [0.1, 0.15) is 5.75 Å². The molecule has 1 N–H and O–H groups in total. The highest BCUT2D eigenvalue weighted by Gasteiger charge is 2.17. The van der Waals surface area contributed by atoms with Gasteiger partial charge in [-0.1, -0.05) is 21.9 Å². The zero-order chi connectivity index (χ0) is 12.3. The standard InChI is InChI=1S/C13H12BrNO2/c1-2-3-12(16)15-8-10-7-11(14)6-9-4-5-17-13(9)10/h1,6-7H,3-5,8H2,(H,15,16). The highest BCUT2D eigenvalue weighted by molar-refractivity contribution is 9.10. The van der Waals surface area contributed by atoms with Crippen LogP contribution < -0.4 is 10.1 Å². The van der Waals surface area contributed by atoms with Crippen molar-refractivity contribution in [2.75, 3.05) is 6.61 Å². The third-order valence-electron chi connectivity index (χ3n) is 2.56. The Morgan fingerprint density at radius 2 is 2.41 bits per heavy atom. The van der Waals surface area contributed by atoms with E-state index in [0.717, 1.165) is 22.2 Å². The second-order valence-electron chi connectivity index (χ2n) is 3.81. The lowest BCUT2D eigenvalue weighted by atomic mass is 10.1. The van der Waals surface area contributed by atoms with E-state index in [1.807, 2.05) is 6.07 Å². The molecule has 0 fully saturated rings. The predicted octanol–water partition coefficient (Wildman–Crippen LogP) is 2.02. The largest absolute Gasteiger partial charge is 0.493 e. The Morgan fingerprint density at radius 1 is 1.59 bits per heavy atom. The number of benzene rings is 1. The van der Waals surface area contributed by atoms with Crippen molar-refractivity contribution in [1.29, 1.82) is 0 Å². The second kappa shape index (κ2) is 5.24. The van der Waals surface area contributed by atoms with Crippen LogP contribution in [-0.2, 0) is 17.8 Å². The van der Waals surface area contributed by atoms with Gasteiger partial charge in [0.15, 0.2) is 0 Å². The van der Waals surface area contributed by atoms with Crippen LogP contribution in [-0.4, -0.2) is 12.5 Å². The molecule has 0 aliphatic carbocycles. The molecule has 2 rings (SSSR count). The maximum Gasteiger partial charge on any atom is 0.232 e. The number of nitrogens with one attached hydrogen (secondary N) is 1. The highest BCUT2D eigenvalue weighted by atomic mass is 79.9. The number of rotatable bonds is 3. The molecule has 3 nitrogen and oxygen atoms in total. The molecular weight excluding hydrogens is 282 g/mol. The van der Waals surface area contributed by atoms with Crippen LogP contribution in [0.2, 0.25) is 0 Å². The van der Waals surface area contributed by atoms with Crippen molar-refractivity contribution in [3.8, 4) is 18.1 Å². The Bertz CT molecular complexity index is 491. The fourth-order valence-electron chi connectivity index (χ4n) is 1.83. The molecule has 0 saturated carbocycles. The first-order chi connectivity index (χ1) is 8.20. The number of hydrogen-bond acceptors (Lipinski definition) is 2. The van der Waals surface area contributed by atoms with Gasteiger partial charge in [-0.25, -0.2) is 0 Å². The summed E-state index contributed by atoms with van der Waals surface area (Å²) in [5.41, 5.74) is 2.16. The summed E-state index contributed by atoms with van der Waals surface area (Å²) in [5.74, 6) is 3.07. The van der Waals surface area contributed by atoms with E-state index in [2.05, 4.69) is 33.2 Å². The van der Waals surface area contributed by atoms with Gasteiger partial charge in [0.05, 0.1) is 13.0 Å². The molecule has 0 radical (unpaired) electrons. The molecular formula is C13H12BrNO2. The molecule has 1 heterocycles. The number of carbonyl (C=O) groups is 1. The van der Waals surface area contributed by atoms with Crippen molar-refractivity contribution >= 4 is 21.8 Å². The van der Waals surface area contributed by atoms with Crippen LogP contribution >= 0.6 is 15.9 Å². The normalized spacial score (nSPS) is 12.5. The average molecular weight is 294 g/mol. The van der Waals surface area contributed by atoms with E-state index in [0.29, 0.717) is 13.2 Å². The summed E-state index contributed by atoms with van der Waals surface area (Å²) in [6, 6.07) is 4.01. The second-order valence-corrected chi connectivity index (χ2v) is 4.72. The molecule has 88 valence electrons. The van der Waals surface area contributed by atoms with E-state index in [4.69, 9.17) is 11.2 Å². The van der Waals surface area contributed by atoms with Gasteiger partial charge in [0.2, 0.25) is 5.91 Å². The fourth-order valence-corrected chi connectivity index (χ4v) is 2.38. The van der Waals surface area contributed by atoms with Crippen molar-refractivity contribution in [1.82, 2.24) is 5.32 Å². The van der Waals surface area contributed by atoms with Crippen molar-refractivity contribution < 1.29 is 9.53 Å². The minimum absolute atomic E-state index is 0.108. The van der Waals surface area contributed by atoms with Gasteiger partial charge in [0.25, 0.3) is 0 Å². The topological polar surface area (TPSA) is 38.3 Å². The summed E-state index contributed by atoms with van der Waals surface area (Å²) in [5, 5.41) is 2.77. The van der Waals surface area contributed by atoms with E-state index in [1.165, 1.54) is 5.56 Å². The van der Waals surface area contributed by atoms with Gasteiger partial charge in [-0.3, -0.25) is 4.79 Å². The van der Waals surface area contributed by atoms with Gasteiger partial charge < -0.3 is 10.1 Å². The van der Waals surface area contributed by atoms with Gasteiger partial charge in [-0.2, -0.15) is 0 Å². The third kappa shape index (κ3) is 2.80. The molecule has 4 heteroatoms. The maximum atomic E-state index is 11.3. The molecule has 1 aromatic carbocycles. The van der Waals surface area contributed by atoms with E-state index in [-0.39, 0.29) is 12.3 Å². The van der Waals surface area contributed by atoms with Crippen molar-refractivity contribution in [2.45, 2.75) is 19.4 Å². The monoisotopic (exact) mass is 293 g/mol. The first-order valence-corrected chi connectivity index (χ1v) is 6.14. The molecule has 0 spiro atoms. The average Bonchev–Trinajstić information content (AvgIpc) is 2.74. The minimum Gasteiger partial charge on any atom is -0.493 e. The van der Waals surface area contributed by atoms with Gasteiger partial charge >= 0.3 is 0 Å². The molecule has 1 aromatic rings. The predicted molar refractivity (Wildman–Crippen MR) is 68.6 cm³/mol. The van der Waals surface area contributed by atoms with E-state index >= 15 is 0 Å². The van der Waals surface area contributed by atoms with Crippen LogP contribution in [0.5, 0.6) is 5.75 Å². The lowest BCUT2D eigenvalue weighted by Gasteiger charge is -2.09. The molecule has 0 atom stereocenters. The van der Waals surface area contributed by atoms with Crippen LogP contribution in [0.15, 0.2) is 16.6 Å². The molecule has 0 saturated heterocycles. The lowest BCUT2D eigenvalue weighted by Crippen LogP contribution is -2.22. The smallest absolute Gasteiger partial charge is 0.232 e. The summed E-state index contributed by atoms with van der Waals surface area (Å²) >= 11 is 3.45. The van der Waals surface area contributed by atoms with Crippen molar-refractivity contribution in [2.24, 2.45) is 0 Å². The Morgan fingerprint density at radius 3 is 3.18 bits per heavy atom. The fraction of sp³-hybridized carbons (Fsp3) is 0.308. The number of ether oxygens (including phenoxy) is 1. The van der Waals surface area contributed by atoms with Gasteiger partial charge in [-0.05, 0) is 17.7 Å². The van der Waals surface area contributed by atoms with Gasteiger partial charge in [-0.15, -0.1) is 6.42 Å².